The number of hydrogen-bond donors (Lipinski definition) is 0. The maximum atomic E-state index is 6.64. The van der Waals surface area contributed by atoms with Crippen molar-refractivity contribution in [3.8, 4) is 33.4 Å². The summed E-state index contributed by atoms with van der Waals surface area (Å²) in [5.41, 5.74) is 15.1. The number of rotatable bonds is 5. The predicted molar refractivity (Wildman–Crippen MR) is 214 cm³/mol. The molecule has 0 aliphatic heterocycles. The minimum Gasteiger partial charge on any atom is -0.455 e. The first kappa shape index (κ1) is 29.5. The summed E-state index contributed by atoms with van der Waals surface area (Å²) in [4.78, 5) is 2.39. The number of hydrogen-bond acceptors (Lipinski definition) is 2. The molecule has 242 valence electrons. The van der Waals surface area contributed by atoms with E-state index in [1.165, 1.54) is 60.7 Å². The molecule has 9 aromatic rings. The predicted octanol–water partition coefficient (Wildman–Crippen LogP) is 13.8. The van der Waals surface area contributed by atoms with Crippen molar-refractivity contribution in [3.63, 3.8) is 0 Å². The molecule has 0 amide bonds. The Morgan fingerprint density at radius 2 is 0.941 bits per heavy atom. The maximum absolute atomic E-state index is 6.64. The molecule has 1 heterocycles. The van der Waals surface area contributed by atoms with Gasteiger partial charge in [-0.05, 0) is 92.4 Å². The first-order valence-electron chi connectivity index (χ1n) is 17.7. The van der Waals surface area contributed by atoms with Gasteiger partial charge in [-0.2, -0.15) is 0 Å². The topological polar surface area (TPSA) is 16.4 Å². The summed E-state index contributed by atoms with van der Waals surface area (Å²) in [5.74, 6) is 0. The van der Waals surface area contributed by atoms with E-state index in [2.05, 4.69) is 195 Å². The van der Waals surface area contributed by atoms with Crippen LogP contribution < -0.4 is 4.90 Å². The molecule has 0 fully saturated rings. The lowest BCUT2D eigenvalue weighted by Crippen LogP contribution is -2.17. The smallest absolute Gasteiger partial charge is 0.143 e. The molecule has 0 unspecified atom stereocenters. The Hall–Kier alpha value is -6.38. The fourth-order valence-electron chi connectivity index (χ4n) is 8.40. The Labute approximate surface area is 297 Å². The van der Waals surface area contributed by atoms with Gasteiger partial charge in [-0.25, -0.2) is 0 Å². The summed E-state index contributed by atoms with van der Waals surface area (Å²) in [6.45, 7) is 4.76. The van der Waals surface area contributed by atoms with E-state index in [1.54, 1.807) is 0 Å². The third kappa shape index (κ3) is 4.57. The van der Waals surface area contributed by atoms with Crippen LogP contribution in [0.1, 0.15) is 25.0 Å². The van der Waals surface area contributed by atoms with Crippen LogP contribution >= 0.6 is 0 Å². The zero-order valence-electron chi connectivity index (χ0n) is 28.6. The van der Waals surface area contributed by atoms with Crippen molar-refractivity contribution in [2.24, 2.45) is 0 Å². The molecule has 0 spiro atoms. The highest BCUT2D eigenvalue weighted by Crippen LogP contribution is 2.57. The fourth-order valence-corrected chi connectivity index (χ4v) is 8.40. The number of nitrogens with zero attached hydrogens (tertiary/aromatic N) is 1. The second-order valence-corrected chi connectivity index (χ2v) is 14.1. The highest BCUT2D eigenvalue weighted by Gasteiger charge is 2.40. The van der Waals surface area contributed by atoms with Crippen LogP contribution in [-0.2, 0) is 5.41 Å². The van der Waals surface area contributed by atoms with Gasteiger partial charge in [0.1, 0.15) is 11.2 Å². The Bertz CT molecular complexity index is 2660. The minimum atomic E-state index is -0.268. The molecule has 2 nitrogen and oxygen atoms in total. The zero-order valence-corrected chi connectivity index (χ0v) is 28.6. The van der Waals surface area contributed by atoms with E-state index in [4.69, 9.17) is 4.42 Å². The fraction of sp³-hybridized carbons (Fsp3) is 0.0612. The standard InChI is InChI=1S/C49H35NO/c1-49(2)43-31-38(29-30-41(43)45-39-17-9-10-18-40(39)48-46(47(45)49)42-19-11-12-20-44(42)51-48)50(36-25-21-34(22-26-36)32-13-5-3-6-14-32)37-27-23-35(24-28-37)33-15-7-4-8-16-33/h3-31H,1-2H3. The summed E-state index contributed by atoms with van der Waals surface area (Å²) < 4.78 is 6.64. The first-order valence-corrected chi connectivity index (χ1v) is 17.7. The molecule has 0 saturated carbocycles. The van der Waals surface area contributed by atoms with Crippen molar-refractivity contribution in [1.29, 1.82) is 0 Å². The molecule has 10 rings (SSSR count). The molecule has 0 N–H and O–H groups in total. The Morgan fingerprint density at radius 3 is 1.55 bits per heavy atom. The SMILES string of the molecule is CC1(C)c2cc(N(c3ccc(-c4ccccc4)cc3)c3ccc(-c4ccccc4)cc3)ccc2-c2c1c1c3ccccc3oc1c1ccccc21. The van der Waals surface area contributed by atoms with E-state index in [-0.39, 0.29) is 5.41 Å². The average molecular weight is 654 g/mol. The van der Waals surface area contributed by atoms with Gasteiger partial charge in [-0.15, -0.1) is 0 Å². The van der Waals surface area contributed by atoms with Gasteiger partial charge < -0.3 is 9.32 Å². The van der Waals surface area contributed by atoms with Crippen molar-refractivity contribution in [2.75, 3.05) is 4.90 Å². The van der Waals surface area contributed by atoms with Crippen molar-refractivity contribution in [2.45, 2.75) is 19.3 Å². The third-order valence-corrected chi connectivity index (χ3v) is 10.8. The van der Waals surface area contributed by atoms with E-state index < -0.39 is 0 Å². The number of para-hydroxylation sites is 1. The molecule has 1 aliphatic carbocycles. The van der Waals surface area contributed by atoms with E-state index in [0.29, 0.717) is 0 Å². The molecular weight excluding hydrogens is 619 g/mol. The van der Waals surface area contributed by atoms with E-state index in [1.807, 2.05) is 0 Å². The zero-order chi connectivity index (χ0) is 34.1. The molecule has 0 bridgehead atoms. The second-order valence-electron chi connectivity index (χ2n) is 14.1. The van der Waals surface area contributed by atoms with Crippen LogP contribution in [0.5, 0.6) is 0 Å². The number of fused-ring (bicyclic) bond motifs is 10. The first-order chi connectivity index (χ1) is 25.1. The van der Waals surface area contributed by atoms with Crippen LogP contribution in [0.15, 0.2) is 180 Å². The molecule has 51 heavy (non-hydrogen) atoms. The van der Waals surface area contributed by atoms with Crippen molar-refractivity contribution in [1.82, 2.24) is 0 Å². The molecule has 2 heteroatoms. The largest absolute Gasteiger partial charge is 0.455 e. The summed E-state index contributed by atoms with van der Waals surface area (Å²) in [7, 11) is 0. The quantitative estimate of drug-likeness (QED) is 0.184. The molecule has 0 radical (unpaired) electrons. The maximum Gasteiger partial charge on any atom is 0.143 e. The average Bonchev–Trinajstić information content (AvgIpc) is 3.69. The number of benzene rings is 8. The van der Waals surface area contributed by atoms with Gasteiger partial charge in [0.15, 0.2) is 0 Å². The normalized spacial score (nSPS) is 13.1. The minimum absolute atomic E-state index is 0.268. The van der Waals surface area contributed by atoms with E-state index >= 15 is 0 Å². The van der Waals surface area contributed by atoms with Crippen molar-refractivity contribution < 1.29 is 4.42 Å². The number of furan rings is 1. The van der Waals surface area contributed by atoms with E-state index in [0.717, 1.165) is 33.6 Å². The van der Waals surface area contributed by atoms with Gasteiger partial charge >= 0.3 is 0 Å². The van der Waals surface area contributed by atoms with Gasteiger partial charge in [-0.3, -0.25) is 0 Å². The lowest BCUT2D eigenvalue weighted by molar-refractivity contribution is 0.659. The highest BCUT2D eigenvalue weighted by molar-refractivity contribution is 6.23. The highest BCUT2D eigenvalue weighted by atomic mass is 16.3. The molecule has 0 saturated heterocycles. The molecule has 8 aromatic carbocycles. The van der Waals surface area contributed by atoms with Gasteiger partial charge in [-0.1, -0.05) is 147 Å². The second kappa shape index (κ2) is 11.3. The molecule has 0 atom stereocenters. The van der Waals surface area contributed by atoms with Gasteiger partial charge in [0.05, 0.1) is 0 Å². The van der Waals surface area contributed by atoms with Crippen LogP contribution in [0.3, 0.4) is 0 Å². The third-order valence-electron chi connectivity index (χ3n) is 10.8. The van der Waals surface area contributed by atoms with Crippen molar-refractivity contribution in [3.05, 3.63) is 187 Å². The summed E-state index contributed by atoms with van der Waals surface area (Å²) in [6.07, 6.45) is 0. The van der Waals surface area contributed by atoms with Gasteiger partial charge in [0, 0.05) is 38.6 Å². The van der Waals surface area contributed by atoms with Gasteiger partial charge in [0.2, 0.25) is 0 Å². The van der Waals surface area contributed by atoms with Crippen LogP contribution in [-0.4, -0.2) is 0 Å². The summed E-state index contributed by atoms with van der Waals surface area (Å²) in [6, 6.07) is 63.4. The Morgan fingerprint density at radius 1 is 0.451 bits per heavy atom. The number of anilines is 3. The monoisotopic (exact) mass is 653 g/mol. The Balaban J connectivity index is 1.17. The molecule has 1 aromatic heterocycles. The molecule has 1 aliphatic rings. The van der Waals surface area contributed by atoms with Crippen LogP contribution in [0.2, 0.25) is 0 Å². The van der Waals surface area contributed by atoms with Crippen molar-refractivity contribution >= 4 is 49.8 Å². The Kier molecular flexibility index (Phi) is 6.56. The van der Waals surface area contributed by atoms with E-state index in [9.17, 15) is 0 Å². The van der Waals surface area contributed by atoms with Crippen LogP contribution in [0, 0.1) is 0 Å². The lowest BCUT2D eigenvalue weighted by Gasteiger charge is -2.28. The molecular formula is C49H35NO. The van der Waals surface area contributed by atoms with Crippen LogP contribution in [0.4, 0.5) is 17.1 Å². The van der Waals surface area contributed by atoms with Gasteiger partial charge in [0.25, 0.3) is 0 Å². The summed E-state index contributed by atoms with van der Waals surface area (Å²) >= 11 is 0. The summed E-state index contributed by atoms with van der Waals surface area (Å²) in [5, 5.41) is 4.80. The van der Waals surface area contributed by atoms with Crippen LogP contribution in [0.25, 0.3) is 66.1 Å². The lowest BCUT2D eigenvalue weighted by atomic mass is 9.79.